The SMILES string of the molecule is O=C(C=Cc1ccccc1)Oc1cc(S(=O)(=O)O)cc2cc(S(=O)(=O)O)ccc12. The highest BCUT2D eigenvalue weighted by molar-refractivity contribution is 7.86. The minimum absolute atomic E-state index is 0.0186. The number of benzene rings is 3. The molecule has 0 aromatic heterocycles. The first-order valence-electron chi connectivity index (χ1n) is 8.02. The van der Waals surface area contributed by atoms with Gasteiger partial charge in [0, 0.05) is 17.5 Å². The second-order valence-electron chi connectivity index (χ2n) is 5.92. The van der Waals surface area contributed by atoms with E-state index in [0.717, 1.165) is 35.9 Å². The van der Waals surface area contributed by atoms with Crippen LogP contribution in [0.15, 0.2) is 76.5 Å². The predicted octanol–water partition coefficient (Wildman–Crippen LogP) is 2.95. The molecule has 0 atom stereocenters. The molecular weight excluding hydrogens is 420 g/mol. The highest BCUT2D eigenvalue weighted by atomic mass is 32.2. The van der Waals surface area contributed by atoms with Gasteiger partial charge in [-0.1, -0.05) is 30.3 Å². The lowest BCUT2D eigenvalue weighted by Crippen LogP contribution is -2.06. The highest BCUT2D eigenvalue weighted by Gasteiger charge is 2.18. The summed E-state index contributed by atoms with van der Waals surface area (Å²) in [6.45, 7) is 0. The van der Waals surface area contributed by atoms with E-state index in [1.807, 2.05) is 6.07 Å². The van der Waals surface area contributed by atoms with Crippen LogP contribution in [0.3, 0.4) is 0 Å². The fourth-order valence-electron chi connectivity index (χ4n) is 2.55. The Labute approximate surface area is 166 Å². The summed E-state index contributed by atoms with van der Waals surface area (Å²) < 4.78 is 69.5. The van der Waals surface area contributed by atoms with Crippen LogP contribution in [0.1, 0.15) is 5.56 Å². The van der Waals surface area contributed by atoms with Crippen molar-refractivity contribution in [2.45, 2.75) is 9.79 Å². The van der Waals surface area contributed by atoms with Crippen LogP contribution in [-0.2, 0) is 25.0 Å². The maximum absolute atomic E-state index is 12.2. The molecule has 3 aromatic rings. The molecule has 10 heteroatoms. The van der Waals surface area contributed by atoms with Gasteiger partial charge in [-0.25, -0.2) is 4.79 Å². The molecule has 0 saturated heterocycles. The zero-order chi connectivity index (χ0) is 21.2. The van der Waals surface area contributed by atoms with Crippen LogP contribution in [0.25, 0.3) is 16.8 Å². The van der Waals surface area contributed by atoms with E-state index in [9.17, 15) is 30.7 Å². The van der Waals surface area contributed by atoms with Crippen LogP contribution in [0, 0.1) is 0 Å². The van der Waals surface area contributed by atoms with Gasteiger partial charge in [-0.2, -0.15) is 16.8 Å². The molecule has 3 rings (SSSR count). The Morgan fingerprint density at radius 2 is 1.45 bits per heavy atom. The second-order valence-corrected chi connectivity index (χ2v) is 8.76. The Hall–Kier alpha value is -3.05. The first-order chi connectivity index (χ1) is 13.5. The normalized spacial score (nSPS) is 12.3. The maximum Gasteiger partial charge on any atom is 0.336 e. The smallest absolute Gasteiger partial charge is 0.336 e. The number of rotatable bonds is 5. The first kappa shape index (κ1) is 20.7. The zero-order valence-electron chi connectivity index (χ0n) is 14.6. The van der Waals surface area contributed by atoms with E-state index < -0.39 is 36.0 Å². The highest BCUT2D eigenvalue weighted by Crippen LogP contribution is 2.31. The second kappa shape index (κ2) is 7.76. The van der Waals surface area contributed by atoms with Gasteiger partial charge in [0.15, 0.2) is 0 Å². The fourth-order valence-corrected chi connectivity index (χ4v) is 3.60. The molecule has 2 N–H and O–H groups in total. The van der Waals surface area contributed by atoms with Crippen molar-refractivity contribution in [1.29, 1.82) is 0 Å². The topological polar surface area (TPSA) is 135 Å². The molecule has 8 nitrogen and oxygen atoms in total. The van der Waals surface area contributed by atoms with Gasteiger partial charge in [0.1, 0.15) is 5.75 Å². The molecule has 0 bridgehead atoms. The van der Waals surface area contributed by atoms with E-state index in [2.05, 4.69) is 0 Å². The molecule has 0 amide bonds. The number of hydrogen-bond acceptors (Lipinski definition) is 6. The Morgan fingerprint density at radius 3 is 2.07 bits per heavy atom. The van der Waals surface area contributed by atoms with Gasteiger partial charge in [0.25, 0.3) is 20.2 Å². The van der Waals surface area contributed by atoms with Crippen LogP contribution >= 0.6 is 0 Å². The lowest BCUT2D eigenvalue weighted by atomic mass is 10.1. The molecular formula is C19H14O8S2. The van der Waals surface area contributed by atoms with E-state index in [1.165, 1.54) is 12.1 Å². The van der Waals surface area contributed by atoms with Gasteiger partial charge in [-0.05, 0) is 41.3 Å². The molecule has 0 aliphatic carbocycles. The summed E-state index contributed by atoms with van der Waals surface area (Å²) in [4.78, 5) is 11.1. The Kier molecular flexibility index (Phi) is 5.53. The minimum atomic E-state index is -4.68. The maximum atomic E-state index is 12.2. The van der Waals surface area contributed by atoms with Crippen molar-refractivity contribution < 1.29 is 35.5 Å². The molecule has 0 radical (unpaired) electrons. The van der Waals surface area contributed by atoms with Gasteiger partial charge in [0.05, 0.1) is 9.79 Å². The number of esters is 1. The Bertz CT molecular complexity index is 1320. The molecule has 0 heterocycles. The summed E-state index contributed by atoms with van der Waals surface area (Å²) in [5.41, 5.74) is 0.735. The lowest BCUT2D eigenvalue weighted by molar-refractivity contribution is -0.128. The van der Waals surface area contributed by atoms with Crippen molar-refractivity contribution in [2.24, 2.45) is 0 Å². The summed E-state index contributed by atoms with van der Waals surface area (Å²) in [5.74, 6) is -1.03. The van der Waals surface area contributed by atoms with Crippen LogP contribution in [-0.4, -0.2) is 31.9 Å². The van der Waals surface area contributed by atoms with Crippen LogP contribution < -0.4 is 4.74 Å². The zero-order valence-corrected chi connectivity index (χ0v) is 16.2. The molecule has 3 aromatic carbocycles. The molecule has 150 valence electrons. The van der Waals surface area contributed by atoms with Crippen molar-refractivity contribution in [3.05, 3.63) is 72.3 Å². The number of hydrogen-bond donors (Lipinski definition) is 2. The van der Waals surface area contributed by atoms with Crippen LogP contribution in [0.5, 0.6) is 5.75 Å². The first-order valence-corrected chi connectivity index (χ1v) is 10.9. The van der Waals surface area contributed by atoms with Crippen molar-refractivity contribution in [2.75, 3.05) is 0 Å². The molecule has 0 unspecified atom stereocenters. The third-order valence-corrected chi connectivity index (χ3v) is 5.56. The Morgan fingerprint density at radius 1 is 0.828 bits per heavy atom. The van der Waals surface area contributed by atoms with E-state index in [1.54, 1.807) is 24.3 Å². The van der Waals surface area contributed by atoms with E-state index in [4.69, 9.17) is 4.74 Å². The number of carbonyl (C=O) groups excluding carboxylic acids is 1. The quantitative estimate of drug-likeness (QED) is 0.271. The summed E-state index contributed by atoms with van der Waals surface area (Å²) in [6, 6.07) is 14.1. The van der Waals surface area contributed by atoms with Crippen molar-refractivity contribution in [3.8, 4) is 5.75 Å². The Balaban J connectivity index is 2.05. The third-order valence-electron chi connectivity index (χ3n) is 3.88. The van der Waals surface area contributed by atoms with Crippen molar-refractivity contribution >= 4 is 43.1 Å². The van der Waals surface area contributed by atoms with E-state index in [0.29, 0.717) is 0 Å². The fraction of sp³-hybridized carbons (Fsp3) is 0. The van der Waals surface area contributed by atoms with Crippen molar-refractivity contribution in [1.82, 2.24) is 0 Å². The molecule has 0 saturated carbocycles. The number of carbonyl (C=O) groups is 1. The minimum Gasteiger partial charge on any atom is -0.423 e. The van der Waals surface area contributed by atoms with Gasteiger partial charge in [-0.15, -0.1) is 0 Å². The standard InChI is InChI=1S/C19H14O8S2/c20-19(9-6-13-4-2-1-3-5-13)27-18-12-16(29(24,25)26)11-14-10-15(28(21,22)23)7-8-17(14)18/h1-12H,(H,21,22,23)(H,24,25,26). The number of ether oxygens (including phenoxy) is 1. The third kappa shape index (κ3) is 5.06. The average Bonchev–Trinajstić information content (AvgIpc) is 2.65. The van der Waals surface area contributed by atoms with Gasteiger partial charge < -0.3 is 4.74 Å². The number of fused-ring (bicyclic) bond motifs is 1. The molecule has 0 fully saturated rings. The van der Waals surface area contributed by atoms with E-state index in [-0.39, 0.29) is 16.5 Å². The van der Waals surface area contributed by atoms with E-state index >= 15 is 0 Å². The lowest BCUT2D eigenvalue weighted by Gasteiger charge is -2.09. The summed E-state index contributed by atoms with van der Waals surface area (Å²) in [7, 11) is -9.23. The van der Waals surface area contributed by atoms with Crippen LogP contribution in [0.2, 0.25) is 0 Å². The van der Waals surface area contributed by atoms with Gasteiger partial charge >= 0.3 is 5.97 Å². The molecule has 29 heavy (non-hydrogen) atoms. The molecule has 0 spiro atoms. The largest absolute Gasteiger partial charge is 0.423 e. The summed E-state index contributed by atoms with van der Waals surface area (Å²) >= 11 is 0. The summed E-state index contributed by atoms with van der Waals surface area (Å²) in [5, 5.41) is 0.219. The predicted molar refractivity (Wildman–Crippen MR) is 105 cm³/mol. The van der Waals surface area contributed by atoms with Crippen molar-refractivity contribution in [3.63, 3.8) is 0 Å². The molecule has 0 aliphatic heterocycles. The van der Waals surface area contributed by atoms with Gasteiger partial charge in [0.2, 0.25) is 0 Å². The summed E-state index contributed by atoms with van der Waals surface area (Å²) in [6.07, 6.45) is 2.63. The average molecular weight is 434 g/mol. The van der Waals surface area contributed by atoms with Gasteiger partial charge in [-0.3, -0.25) is 9.11 Å². The van der Waals surface area contributed by atoms with Crippen LogP contribution in [0.4, 0.5) is 0 Å². The molecule has 0 aliphatic rings. The monoisotopic (exact) mass is 434 g/mol.